The molecule has 1 N–H and O–H groups in total. The van der Waals surface area contributed by atoms with E-state index in [1.807, 2.05) is 14.1 Å². The van der Waals surface area contributed by atoms with Gasteiger partial charge in [0.15, 0.2) is 5.75 Å². The number of anilines is 1. The summed E-state index contributed by atoms with van der Waals surface area (Å²) in [4.78, 5) is 13.7. The fourth-order valence-electron chi connectivity index (χ4n) is 1.80. The van der Waals surface area contributed by atoms with Gasteiger partial charge < -0.3 is 15.0 Å². The lowest BCUT2D eigenvalue weighted by molar-refractivity contribution is -0.116. The molecule has 116 valence electrons. The number of halogens is 2. The first-order valence-electron chi connectivity index (χ1n) is 6.61. The van der Waals surface area contributed by atoms with Crippen molar-refractivity contribution in [3.05, 3.63) is 52.5 Å². The Kier molecular flexibility index (Phi) is 5.66. The molecular weight excluding hydrogens is 323 g/mol. The van der Waals surface area contributed by atoms with E-state index in [1.54, 1.807) is 47.4 Å². The number of nitrogens with one attached hydrogen (secondary N) is 1. The quantitative estimate of drug-likeness (QED) is 0.884. The van der Waals surface area contributed by atoms with Crippen LogP contribution in [0.3, 0.4) is 0 Å². The first kappa shape index (κ1) is 16.6. The predicted molar refractivity (Wildman–Crippen MR) is 90.2 cm³/mol. The lowest BCUT2D eigenvalue weighted by Gasteiger charge is -2.14. The Labute approximate surface area is 139 Å². The molecule has 0 aliphatic rings. The minimum Gasteiger partial charge on any atom is -0.455 e. The molecule has 0 aromatic heterocycles. The fraction of sp³-hybridized carbons (Fsp3) is 0.188. The minimum atomic E-state index is -0.145. The number of rotatable bonds is 5. The summed E-state index contributed by atoms with van der Waals surface area (Å²) in [5.74, 6) is 0.988. The molecule has 0 saturated carbocycles. The van der Waals surface area contributed by atoms with Crippen LogP contribution >= 0.6 is 23.2 Å². The highest BCUT2D eigenvalue weighted by molar-refractivity contribution is 6.31. The summed E-state index contributed by atoms with van der Waals surface area (Å²) < 4.78 is 5.78. The molecule has 0 atom stereocenters. The summed E-state index contributed by atoms with van der Waals surface area (Å²) in [6.45, 7) is 0.271. The van der Waals surface area contributed by atoms with E-state index in [2.05, 4.69) is 5.32 Å². The number of nitrogens with zero attached hydrogens (tertiary/aromatic N) is 1. The minimum absolute atomic E-state index is 0.145. The number of likely N-dealkylation sites (N-methyl/N-ethyl adjacent to an activating group) is 1. The molecule has 4 nitrogen and oxygen atoms in total. The van der Waals surface area contributed by atoms with E-state index in [4.69, 9.17) is 27.9 Å². The molecule has 0 aliphatic carbocycles. The second kappa shape index (κ2) is 7.49. The van der Waals surface area contributed by atoms with Gasteiger partial charge in [-0.2, -0.15) is 0 Å². The summed E-state index contributed by atoms with van der Waals surface area (Å²) in [7, 11) is 3.64. The highest BCUT2D eigenvalue weighted by Gasteiger charge is 2.10. The van der Waals surface area contributed by atoms with E-state index in [0.717, 1.165) is 0 Å². The number of ether oxygens (including phenoxy) is 1. The Balaban J connectivity index is 2.20. The maximum Gasteiger partial charge on any atom is 0.238 e. The molecule has 0 spiro atoms. The van der Waals surface area contributed by atoms with Gasteiger partial charge in [0.05, 0.1) is 12.2 Å². The SMILES string of the molecule is CN(C)CC(=O)Nc1cc(Cl)ccc1Oc1ccc(Cl)cc1. The monoisotopic (exact) mass is 338 g/mol. The van der Waals surface area contributed by atoms with Crippen molar-refractivity contribution in [2.45, 2.75) is 0 Å². The summed E-state index contributed by atoms with van der Waals surface area (Å²) in [6, 6.07) is 12.0. The molecule has 2 aromatic carbocycles. The van der Waals surface area contributed by atoms with Gasteiger partial charge in [-0.05, 0) is 56.6 Å². The summed E-state index contributed by atoms with van der Waals surface area (Å²) in [5, 5.41) is 3.94. The van der Waals surface area contributed by atoms with Gasteiger partial charge in [-0.15, -0.1) is 0 Å². The summed E-state index contributed by atoms with van der Waals surface area (Å²) >= 11 is 11.8. The largest absolute Gasteiger partial charge is 0.455 e. The third kappa shape index (κ3) is 4.91. The average Bonchev–Trinajstić information content (AvgIpc) is 2.43. The first-order valence-corrected chi connectivity index (χ1v) is 7.37. The molecule has 6 heteroatoms. The van der Waals surface area contributed by atoms with Crippen LogP contribution in [0.5, 0.6) is 11.5 Å². The van der Waals surface area contributed by atoms with E-state index in [0.29, 0.717) is 27.2 Å². The number of amides is 1. The van der Waals surface area contributed by atoms with Crippen LogP contribution in [-0.2, 0) is 4.79 Å². The van der Waals surface area contributed by atoms with Crippen LogP contribution in [0.25, 0.3) is 0 Å². The zero-order valence-corrected chi connectivity index (χ0v) is 13.8. The van der Waals surface area contributed by atoms with Crippen molar-refractivity contribution < 1.29 is 9.53 Å². The smallest absolute Gasteiger partial charge is 0.238 e. The van der Waals surface area contributed by atoms with Gasteiger partial charge in [0, 0.05) is 10.0 Å². The van der Waals surface area contributed by atoms with Crippen LogP contribution < -0.4 is 10.1 Å². The molecule has 0 radical (unpaired) electrons. The molecule has 0 bridgehead atoms. The van der Waals surface area contributed by atoms with Crippen molar-refractivity contribution in [1.29, 1.82) is 0 Å². The number of hydrogen-bond donors (Lipinski definition) is 1. The van der Waals surface area contributed by atoms with Crippen LogP contribution in [0.4, 0.5) is 5.69 Å². The highest BCUT2D eigenvalue weighted by Crippen LogP contribution is 2.32. The maximum atomic E-state index is 11.9. The van der Waals surface area contributed by atoms with Crippen LogP contribution in [0.2, 0.25) is 10.0 Å². The van der Waals surface area contributed by atoms with E-state index in [9.17, 15) is 4.79 Å². The van der Waals surface area contributed by atoms with Crippen molar-refractivity contribution in [1.82, 2.24) is 4.90 Å². The molecule has 2 aromatic rings. The van der Waals surface area contributed by atoms with Crippen molar-refractivity contribution in [3.63, 3.8) is 0 Å². The number of carbonyl (C=O) groups is 1. The van der Waals surface area contributed by atoms with Gasteiger partial charge in [0.2, 0.25) is 5.91 Å². The highest BCUT2D eigenvalue weighted by atomic mass is 35.5. The Morgan fingerprint density at radius 2 is 1.73 bits per heavy atom. The van der Waals surface area contributed by atoms with Gasteiger partial charge in [0.25, 0.3) is 0 Å². The summed E-state index contributed by atoms with van der Waals surface area (Å²) in [5.41, 5.74) is 0.523. The standard InChI is InChI=1S/C16H16Cl2N2O2/c1-20(2)10-16(21)19-14-9-12(18)5-8-15(14)22-13-6-3-11(17)4-7-13/h3-9H,10H2,1-2H3,(H,19,21). The molecule has 0 unspecified atom stereocenters. The third-order valence-electron chi connectivity index (χ3n) is 2.72. The van der Waals surface area contributed by atoms with Crippen LogP contribution in [0.15, 0.2) is 42.5 Å². The van der Waals surface area contributed by atoms with Gasteiger partial charge in [0.1, 0.15) is 5.75 Å². The van der Waals surface area contributed by atoms with Crippen LogP contribution in [0, 0.1) is 0 Å². The molecule has 2 rings (SSSR count). The fourth-order valence-corrected chi connectivity index (χ4v) is 2.09. The molecule has 0 saturated heterocycles. The van der Waals surface area contributed by atoms with E-state index in [1.165, 1.54) is 0 Å². The Hall–Kier alpha value is -1.75. The lowest BCUT2D eigenvalue weighted by atomic mass is 10.2. The van der Waals surface area contributed by atoms with Gasteiger partial charge >= 0.3 is 0 Å². The zero-order chi connectivity index (χ0) is 16.1. The summed E-state index contributed by atoms with van der Waals surface area (Å²) in [6.07, 6.45) is 0. The second-order valence-electron chi connectivity index (χ2n) is 4.98. The Bertz CT molecular complexity index is 658. The second-order valence-corrected chi connectivity index (χ2v) is 5.86. The van der Waals surface area contributed by atoms with E-state index >= 15 is 0 Å². The molecule has 0 fully saturated rings. The predicted octanol–water partition coefficient (Wildman–Crippen LogP) is 4.29. The number of carbonyl (C=O) groups excluding carboxylic acids is 1. The molecular formula is C16H16Cl2N2O2. The third-order valence-corrected chi connectivity index (χ3v) is 3.20. The number of hydrogen-bond acceptors (Lipinski definition) is 3. The van der Waals surface area contributed by atoms with Crippen molar-refractivity contribution in [3.8, 4) is 11.5 Å². The van der Waals surface area contributed by atoms with Crippen molar-refractivity contribution in [2.24, 2.45) is 0 Å². The molecule has 1 amide bonds. The van der Waals surface area contributed by atoms with Gasteiger partial charge in [-0.25, -0.2) is 0 Å². The van der Waals surface area contributed by atoms with Crippen molar-refractivity contribution in [2.75, 3.05) is 26.0 Å². The average molecular weight is 339 g/mol. The van der Waals surface area contributed by atoms with E-state index in [-0.39, 0.29) is 12.5 Å². The number of benzene rings is 2. The first-order chi connectivity index (χ1) is 10.4. The lowest BCUT2D eigenvalue weighted by Crippen LogP contribution is -2.27. The maximum absolute atomic E-state index is 11.9. The molecule has 0 aliphatic heterocycles. The zero-order valence-electron chi connectivity index (χ0n) is 12.3. The van der Waals surface area contributed by atoms with Crippen molar-refractivity contribution >= 4 is 34.8 Å². The van der Waals surface area contributed by atoms with Gasteiger partial charge in [-0.1, -0.05) is 23.2 Å². The topological polar surface area (TPSA) is 41.6 Å². The van der Waals surface area contributed by atoms with E-state index < -0.39 is 0 Å². The normalized spacial score (nSPS) is 10.6. The Morgan fingerprint density at radius 1 is 1.09 bits per heavy atom. The van der Waals surface area contributed by atoms with Crippen LogP contribution in [0.1, 0.15) is 0 Å². The Morgan fingerprint density at radius 3 is 2.36 bits per heavy atom. The van der Waals surface area contributed by atoms with Crippen LogP contribution in [-0.4, -0.2) is 31.4 Å². The van der Waals surface area contributed by atoms with Gasteiger partial charge in [-0.3, -0.25) is 4.79 Å². The molecule has 22 heavy (non-hydrogen) atoms. The molecule has 0 heterocycles.